The molecule has 80 valence electrons. The van der Waals surface area contributed by atoms with Gasteiger partial charge in [0.1, 0.15) is 0 Å². The molecule has 0 unspecified atom stereocenters. The van der Waals surface area contributed by atoms with Crippen LogP contribution in [0.2, 0.25) is 0 Å². The highest BCUT2D eigenvalue weighted by molar-refractivity contribution is 4.28. The van der Waals surface area contributed by atoms with Crippen LogP contribution < -0.4 is 0 Å². The van der Waals surface area contributed by atoms with E-state index < -0.39 is 0 Å². The monoisotopic (exact) mass is 180 g/mol. The minimum atomic E-state index is 0. The molecule has 0 fully saturated rings. The maximum atomic E-state index is 5.16. The molecule has 0 radical (unpaired) electrons. The zero-order chi connectivity index (χ0) is 6.95. The van der Waals surface area contributed by atoms with Crippen LogP contribution in [0.25, 0.3) is 0 Å². The summed E-state index contributed by atoms with van der Waals surface area (Å²) in [6.07, 6.45) is 1.09. The second kappa shape index (κ2) is 22.4. The van der Waals surface area contributed by atoms with Crippen molar-refractivity contribution in [3.8, 4) is 0 Å². The molecule has 0 saturated carbocycles. The minimum absolute atomic E-state index is 0. The van der Waals surface area contributed by atoms with Gasteiger partial charge in [0, 0.05) is 13.2 Å². The Morgan fingerprint density at radius 2 is 1.25 bits per heavy atom. The van der Waals surface area contributed by atoms with Crippen molar-refractivity contribution in [1.29, 1.82) is 0 Å². The first-order valence-electron chi connectivity index (χ1n) is 3.57. The van der Waals surface area contributed by atoms with Crippen LogP contribution in [-0.4, -0.2) is 26.4 Å². The molecule has 0 bridgehead atoms. The summed E-state index contributed by atoms with van der Waals surface area (Å²) in [4.78, 5) is 0. The highest BCUT2D eigenvalue weighted by Gasteiger charge is 1.83. The summed E-state index contributed by atoms with van der Waals surface area (Å²) in [5.41, 5.74) is 0. The lowest BCUT2D eigenvalue weighted by Gasteiger charge is -2.00. The fourth-order valence-corrected chi connectivity index (χ4v) is 0.509. The number of ether oxygens (including phenoxy) is 2. The van der Waals surface area contributed by atoms with Crippen LogP contribution >= 0.6 is 0 Å². The molecular formula is C10H28O2. The second-order valence-corrected chi connectivity index (χ2v) is 1.81. The van der Waals surface area contributed by atoms with Crippen LogP contribution in [0.1, 0.15) is 42.5 Å². The van der Waals surface area contributed by atoms with Gasteiger partial charge in [0.05, 0.1) is 13.2 Å². The van der Waals surface area contributed by atoms with E-state index in [0.717, 1.165) is 32.8 Å². The Morgan fingerprint density at radius 3 is 1.67 bits per heavy atom. The molecule has 2 nitrogen and oxygen atoms in total. The van der Waals surface area contributed by atoms with Crippen molar-refractivity contribution in [2.75, 3.05) is 26.4 Å². The Hall–Kier alpha value is -0.0800. The lowest BCUT2D eigenvalue weighted by atomic mass is 10.5. The van der Waals surface area contributed by atoms with Crippen LogP contribution in [0.15, 0.2) is 0 Å². The van der Waals surface area contributed by atoms with Gasteiger partial charge in [-0.15, -0.1) is 0 Å². The molecule has 0 aliphatic heterocycles. The SMILES string of the molecule is C.C.C.CCCOCCOCC. The highest BCUT2D eigenvalue weighted by atomic mass is 16.5. The number of hydrogen-bond donors (Lipinski definition) is 0. The van der Waals surface area contributed by atoms with Gasteiger partial charge in [0.25, 0.3) is 0 Å². The molecule has 0 N–H and O–H groups in total. The zero-order valence-electron chi connectivity index (χ0n) is 6.35. The van der Waals surface area contributed by atoms with E-state index in [1.165, 1.54) is 0 Å². The van der Waals surface area contributed by atoms with Crippen molar-refractivity contribution in [2.45, 2.75) is 42.5 Å². The molecule has 0 aliphatic rings. The van der Waals surface area contributed by atoms with Crippen molar-refractivity contribution in [3.05, 3.63) is 0 Å². The molecule has 12 heavy (non-hydrogen) atoms. The summed E-state index contributed by atoms with van der Waals surface area (Å²) in [6, 6.07) is 0. The van der Waals surface area contributed by atoms with Gasteiger partial charge in [-0.25, -0.2) is 0 Å². The van der Waals surface area contributed by atoms with E-state index in [2.05, 4.69) is 6.92 Å². The van der Waals surface area contributed by atoms with E-state index in [1.807, 2.05) is 6.92 Å². The van der Waals surface area contributed by atoms with E-state index in [4.69, 9.17) is 9.47 Å². The van der Waals surface area contributed by atoms with E-state index >= 15 is 0 Å². The molecule has 0 aromatic heterocycles. The molecule has 0 aromatic carbocycles. The fraction of sp³-hybridized carbons (Fsp3) is 1.00. The second-order valence-electron chi connectivity index (χ2n) is 1.81. The molecule has 0 heterocycles. The van der Waals surface area contributed by atoms with Crippen molar-refractivity contribution < 1.29 is 9.47 Å². The Labute approximate surface area is 79.3 Å². The quantitative estimate of drug-likeness (QED) is 0.584. The van der Waals surface area contributed by atoms with Crippen LogP contribution in [0.5, 0.6) is 0 Å². The van der Waals surface area contributed by atoms with Gasteiger partial charge in [-0.3, -0.25) is 0 Å². The lowest BCUT2D eigenvalue weighted by molar-refractivity contribution is 0.0531. The first-order chi connectivity index (χ1) is 4.41. The minimum Gasteiger partial charge on any atom is -0.379 e. The summed E-state index contributed by atoms with van der Waals surface area (Å²) < 4.78 is 10.2. The Bertz CT molecular complexity index is 41.1. The van der Waals surface area contributed by atoms with Crippen LogP contribution in [0.4, 0.5) is 0 Å². The Balaban J connectivity index is -0.000000107. The molecule has 0 aliphatic carbocycles. The van der Waals surface area contributed by atoms with Gasteiger partial charge in [-0.05, 0) is 13.3 Å². The van der Waals surface area contributed by atoms with Gasteiger partial charge in [0.2, 0.25) is 0 Å². The molecule has 0 saturated heterocycles. The molecule has 2 heteroatoms. The van der Waals surface area contributed by atoms with Crippen LogP contribution in [-0.2, 0) is 9.47 Å². The summed E-state index contributed by atoms with van der Waals surface area (Å²) in [5.74, 6) is 0. The third-order valence-electron chi connectivity index (χ3n) is 0.925. The third kappa shape index (κ3) is 22.5. The number of hydrogen-bond acceptors (Lipinski definition) is 2. The summed E-state index contributed by atoms with van der Waals surface area (Å²) in [5, 5.41) is 0. The molecule has 0 atom stereocenters. The summed E-state index contributed by atoms with van der Waals surface area (Å²) >= 11 is 0. The maximum absolute atomic E-state index is 5.16. The predicted octanol–water partition coefficient (Wildman–Crippen LogP) is 3.36. The zero-order valence-corrected chi connectivity index (χ0v) is 6.35. The van der Waals surface area contributed by atoms with Crippen molar-refractivity contribution in [3.63, 3.8) is 0 Å². The van der Waals surface area contributed by atoms with E-state index in [-0.39, 0.29) is 22.3 Å². The van der Waals surface area contributed by atoms with Crippen molar-refractivity contribution in [2.24, 2.45) is 0 Å². The van der Waals surface area contributed by atoms with Gasteiger partial charge in [-0.2, -0.15) is 0 Å². The van der Waals surface area contributed by atoms with Gasteiger partial charge in [-0.1, -0.05) is 29.2 Å². The van der Waals surface area contributed by atoms with E-state index in [1.54, 1.807) is 0 Å². The first-order valence-corrected chi connectivity index (χ1v) is 3.57. The summed E-state index contributed by atoms with van der Waals surface area (Å²) in [6.45, 7) is 7.20. The first kappa shape index (κ1) is 22.7. The topological polar surface area (TPSA) is 18.5 Å². The Kier molecular flexibility index (Phi) is 42.4. The van der Waals surface area contributed by atoms with Crippen LogP contribution in [0.3, 0.4) is 0 Å². The molecule has 0 amide bonds. The molecular weight excluding hydrogens is 152 g/mol. The predicted molar refractivity (Wildman–Crippen MR) is 57.8 cm³/mol. The fourth-order valence-electron chi connectivity index (χ4n) is 0.509. The van der Waals surface area contributed by atoms with Crippen molar-refractivity contribution in [1.82, 2.24) is 0 Å². The van der Waals surface area contributed by atoms with Gasteiger partial charge < -0.3 is 9.47 Å². The molecule has 0 aromatic rings. The van der Waals surface area contributed by atoms with Crippen molar-refractivity contribution >= 4 is 0 Å². The van der Waals surface area contributed by atoms with Gasteiger partial charge in [0.15, 0.2) is 0 Å². The summed E-state index contributed by atoms with van der Waals surface area (Å²) in [7, 11) is 0. The smallest absolute Gasteiger partial charge is 0.0700 e. The molecule has 0 rings (SSSR count). The average Bonchev–Trinajstić information content (AvgIpc) is 1.89. The van der Waals surface area contributed by atoms with Gasteiger partial charge >= 0.3 is 0 Å². The normalized spacial score (nSPS) is 7.50. The Morgan fingerprint density at radius 1 is 0.750 bits per heavy atom. The number of rotatable bonds is 6. The standard InChI is InChI=1S/C7H16O2.3CH4/c1-3-5-9-7-6-8-4-2;;;/h3-7H2,1-2H3;3*1H4. The van der Waals surface area contributed by atoms with E-state index in [0.29, 0.717) is 0 Å². The lowest BCUT2D eigenvalue weighted by Crippen LogP contribution is -2.03. The van der Waals surface area contributed by atoms with E-state index in [9.17, 15) is 0 Å². The van der Waals surface area contributed by atoms with Crippen LogP contribution in [0, 0.1) is 0 Å². The highest BCUT2D eigenvalue weighted by Crippen LogP contribution is 1.80. The third-order valence-corrected chi connectivity index (χ3v) is 0.925. The molecule has 0 spiro atoms. The largest absolute Gasteiger partial charge is 0.379 e. The average molecular weight is 180 g/mol. The maximum Gasteiger partial charge on any atom is 0.0700 e.